The van der Waals surface area contributed by atoms with Gasteiger partial charge >= 0.3 is 0 Å². The van der Waals surface area contributed by atoms with E-state index in [1.165, 1.54) is 17.0 Å². The summed E-state index contributed by atoms with van der Waals surface area (Å²) < 4.78 is 17.5. The summed E-state index contributed by atoms with van der Waals surface area (Å²) in [5.41, 5.74) is 10.4. The number of nitrogens with zero attached hydrogens (tertiary/aromatic N) is 8. The third-order valence-corrected chi connectivity index (χ3v) is 7.51. The van der Waals surface area contributed by atoms with Crippen LogP contribution in [-0.2, 0) is 11.3 Å². The van der Waals surface area contributed by atoms with Gasteiger partial charge in [0.05, 0.1) is 35.8 Å². The van der Waals surface area contributed by atoms with E-state index in [1.54, 1.807) is 43.2 Å². The average Bonchev–Trinajstić information content (AvgIpc) is 3.66. The van der Waals surface area contributed by atoms with Crippen molar-refractivity contribution >= 4 is 22.6 Å². The van der Waals surface area contributed by atoms with Crippen molar-refractivity contribution in [2.75, 3.05) is 11.9 Å². The van der Waals surface area contributed by atoms with Crippen molar-refractivity contribution in [2.45, 2.75) is 26.4 Å². The first-order valence-corrected chi connectivity index (χ1v) is 13.4. The molecule has 0 aliphatic rings. The smallest absolute Gasteiger partial charge is 0.294 e. The monoisotopic (exact) mass is 578 g/mol. The second-order valence-electron chi connectivity index (χ2n) is 10.3. The molecule has 13 heteroatoms. The van der Waals surface area contributed by atoms with Crippen molar-refractivity contribution in [1.29, 1.82) is 0 Å². The number of nitrogens with two attached hydrogens (primary N) is 1. The van der Waals surface area contributed by atoms with Crippen molar-refractivity contribution < 1.29 is 9.18 Å². The lowest BCUT2D eigenvalue weighted by Crippen LogP contribution is -2.44. The number of aryl methyl sites for hydroxylation is 1. The predicted molar refractivity (Wildman–Crippen MR) is 159 cm³/mol. The molecule has 4 aromatic heterocycles. The Morgan fingerprint density at radius 2 is 1.86 bits per heavy atom. The SMILES string of the molecule is Cc1cn(-c2cncc(Cn3c(-c4ccc(-c5nn[nH]n5)cc4)cnc(N(C)[C@@H](C)C(N)=O)c3=O)c2)c2ccc(F)cc12. The molecule has 2 aromatic carbocycles. The van der Waals surface area contributed by atoms with Gasteiger partial charge in [-0.2, -0.15) is 5.21 Å². The van der Waals surface area contributed by atoms with Gasteiger partial charge in [0.15, 0.2) is 5.82 Å². The average molecular weight is 579 g/mol. The second-order valence-corrected chi connectivity index (χ2v) is 10.3. The van der Waals surface area contributed by atoms with E-state index in [0.29, 0.717) is 11.5 Å². The van der Waals surface area contributed by atoms with Gasteiger partial charge in [0.1, 0.15) is 11.9 Å². The van der Waals surface area contributed by atoms with Crippen LogP contribution in [0.1, 0.15) is 18.1 Å². The minimum atomic E-state index is -0.756. The number of nitrogens with one attached hydrogen (secondary N) is 1. The van der Waals surface area contributed by atoms with E-state index in [1.807, 2.05) is 48.0 Å². The number of primary amides is 1. The molecule has 0 bridgehead atoms. The summed E-state index contributed by atoms with van der Waals surface area (Å²) in [7, 11) is 1.60. The van der Waals surface area contributed by atoms with Crippen LogP contribution in [0, 0.1) is 12.7 Å². The number of carbonyl (C=O) groups is 1. The second kappa shape index (κ2) is 10.9. The van der Waals surface area contributed by atoms with Gasteiger partial charge in [-0.05, 0) is 60.0 Å². The number of pyridine rings is 1. The third-order valence-electron chi connectivity index (χ3n) is 7.51. The largest absolute Gasteiger partial charge is 0.368 e. The number of aromatic amines is 1. The maximum Gasteiger partial charge on any atom is 0.294 e. The molecule has 216 valence electrons. The summed E-state index contributed by atoms with van der Waals surface area (Å²) in [5.74, 6) is -0.363. The van der Waals surface area contributed by atoms with Crippen LogP contribution in [0.4, 0.5) is 10.2 Å². The summed E-state index contributed by atoms with van der Waals surface area (Å²) in [6.07, 6.45) is 6.93. The Balaban J connectivity index is 1.44. The Labute approximate surface area is 244 Å². The van der Waals surface area contributed by atoms with Crippen LogP contribution in [0.15, 0.2) is 78.1 Å². The maximum atomic E-state index is 14.0. The van der Waals surface area contributed by atoms with E-state index in [-0.39, 0.29) is 18.2 Å². The molecule has 0 fully saturated rings. The molecule has 6 rings (SSSR count). The first-order chi connectivity index (χ1) is 20.7. The minimum absolute atomic E-state index is 0.0802. The number of rotatable bonds is 8. The lowest BCUT2D eigenvalue weighted by molar-refractivity contribution is -0.118. The van der Waals surface area contributed by atoms with E-state index >= 15 is 0 Å². The van der Waals surface area contributed by atoms with Crippen molar-refractivity contribution in [1.82, 2.24) is 39.7 Å². The van der Waals surface area contributed by atoms with E-state index in [0.717, 1.165) is 38.8 Å². The standard InChI is InChI=1S/C30H27FN10O2/c1-17-15-40(25-9-8-22(31)11-24(17)25)23-10-19(12-33-13-23)16-41-26(14-34-29(30(41)43)39(3)18(2)27(32)42)20-4-6-21(7-5-20)28-35-37-38-36-28/h4-15,18H,16H2,1-3H3,(H2,32,42)(H,35,36,37,38)/t18-/m0/s1. The van der Waals surface area contributed by atoms with Crippen molar-refractivity contribution in [3.63, 3.8) is 0 Å². The molecular weight excluding hydrogens is 551 g/mol. The van der Waals surface area contributed by atoms with Gasteiger partial charge in [-0.25, -0.2) is 9.37 Å². The number of benzene rings is 2. The maximum absolute atomic E-state index is 14.0. The number of hydrogen-bond donors (Lipinski definition) is 2. The molecule has 0 spiro atoms. The quantitative estimate of drug-likeness (QED) is 0.279. The van der Waals surface area contributed by atoms with Gasteiger partial charge in [-0.1, -0.05) is 24.3 Å². The number of anilines is 1. The zero-order valence-electron chi connectivity index (χ0n) is 23.6. The molecule has 0 saturated heterocycles. The fraction of sp³-hybridized carbons (Fsp3) is 0.167. The van der Waals surface area contributed by atoms with Gasteiger partial charge in [-0.3, -0.25) is 19.1 Å². The van der Waals surface area contributed by atoms with Crippen molar-refractivity contribution in [2.24, 2.45) is 5.73 Å². The van der Waals surface area contributed by atoms with E-state index in [2.05, 4.69) is 30.6 Å². The topological polar surface area (TPSA) is 153 Å². The first kappa shape index (κ1) is 27.4. The van der Waals surface area contributed by atoms with E-state index in [4.69, 9.17) is 5.73 Å². The van der Waals surface area contributed by atoms with Crippen LogP contribution in [0.25, 0.3) is 39.2 Å². The Hall–Kier alpha value is -5.72. The number of tetrazole rings is 1. The Kier molecular flexibility index (Phi) is 6.98. The minimum Gasteiger partial charge on any atom is -0.368 e. The van der Waals surface area contributed by atoms with E-state index in [9.17, 15) is 14.0 Å². The van der Waals surface area contributed by atoms with Gasteiger partial charge < -0.3 is 15.2 Å². The summed E-state index contributed by atoms with van der Waals surface area (Å²) in [4.78, 5) is 36.2. The molecule has 0 radical (unpaired) electrons. The number of fused-ring (bicyclic) bond motifs is 1. The summed E-state index contributed by atoms with van der Waals surface area (Å²) in [6.45, 7) is 3.69. The fourth-order valence-corrected chi connectivity index (χ4v) is 5.01. The van der Waals surface area contributed by atoms with Crippen molar-refractivity contribution in [3.8, 4) is 28.3 Å². The molecule has 43 heavy (non-hydrogen) atoms. The van der Waals surface area contributed by atoms with E-state index < -0.39 is 17.5 Å². The lowest BCUT2D eigenvalue weighted by Gasteiger charge is -2.24. The Bertz CT molecular complexity index is 2020. The molecule has 3 N–H and O–H groups in total. The number of amides is 1. The van der Waals surface area contributed by atoms with Crippen LogP contribution in [0.3, 0.4) is 0 Å². The number of H-pyrrole nitrogens is 1. The number of aromatic nitrogens is 8. The van der Waals surface area contributed by atoms with Gasteiger partial charge in [0.2, 0.25) is 11.7 Å². The highest BCUT2D eigenvalue weighted by Gasteiger charge is 2.22. The fourth-order valence-electron chi connectivity index (χ4n) is 5.01. The molecule has 0 saturated carbocycles. The lowest BCUT2D eigenvalue weighted by atomic mass is 10.1. The number of hydrogen-bond acceptors (Lipinski definition) is 8. The van der Waals surface area contributed by atoms with Crippen LogP contribution >= 0.6 is 0 Å². The summed E-state index contributed by atoms with van der Waals surface area (Å²) >= 11 is 0. The highest BCUT2D eigenvalue weighted by atomic mass is 19.1. The normalized spacial score (nSPS) is 12.0. The van der Waals surface area contributed by atoms with Crippen LogP contribution in [0.5, 0.6) is 0 Å². The third kappa shape index (κ3) is 5.12. The number of carbonyl (C=O) groups excluding carboxylic acids is 1. The van der Waals surface area contributed by atoms with Crippen molar-refractivity contribution in [3.05, 3.63) is 101 Å². The Morgan fingerprint density at radius 3 is 2.58 bits per heavy atom. The molecule has 1 amide bonds. The van der Waals surface area contributed by atoms with Crippen LogP contribution < -0.4 is 16.2 Å². The Morgan fingerprint density at radius 1 is 1.09 bits per heavy atom. The predicted octanol–water partition coefficient (Wildman–Crippen LogP) is 3.24. The van der Waals surface area contributed by atoms with Crippen LogP contribution in [0.2, 0.25) is 0 Å². The molecule has 6 aromatic rings. The molecule has 0 aliphatic carbocycles. The highest BCUT2D eigenvalue weighted by molar-refractivity contribution is 5.85. The molecule has 1 atom stereocenters. The molecule has 12 nitrogen and oxygen atoms in total. The molecule has 4 heterocycles. The van der Waals surface area contributed by atoms with Gasteiger partial charge in [0, 0.05) is 30.4 Å². The van der Waals surface area contributed by atoms with Crippen LogP contribution in [-0.4, -0.2) is 58.7 Å². The molecular formula is C30H27FN10O2. The summed E-state index contributed by atoms with van der Waals surface area (Å²) in [6, 6.07) is 13.2. The molecule has 0 unspecified atom stereocenters. The van der Waals surface area contributed by atoms with Gasteiger partial charge in [-0.15, -0.1) is 10.2 Å². The molecule has 0 aliphatic heterocycles. The zero-order valence-corrected chi connectivity index (χ0v) is 23.6. The van der Waals surface area contributed by atoms with Gasteiger partial charge in [0.25, 0.3) is 5.56 Å². The zero-order chi connectivity index (χ0) is 30.2. The number of likely N-dealkylation sites (N-methyl/N-ethyl adjacent to an activating group) is 1. The summed E-state index contributed by atoms with van der Waals surface area (Å²) in [5, 5.41) is 14.9. The highest BCUT2D eigenvalue weighted by Crippen LogP contribution is 2.27. The number of halogens is 1. The first-order valence-electron chi connectivity index (χ1n) is 13.4.